The van der Waals surface area contributed by atoms with Crippen molar-refractivity contribution in [3.05, 3.63) is 22.4 Å². The molecule has 1 aromatic heterocycles. The number of thiophene rings is 1. The maximum atomic E-state index is 3.76. The fraction of sp³-hybridized carbons (Fsp3) is 0.750. The van der Waals surface area contributed by atoms with Crippen LogP contribution in [0.5, 0.6) is 0 Å². The molecule has 0 aromatic carbocycles. The lowest BCUT2D eigenvalue weighted by Gasteiger charge is -2.37. The number of likely N-dealkylation sites (N-methyl/N-ethyl adjacent to an activating group) is 1. The van der Waals surface area contributed by atoms with Gasteiger partial charge in [-0.25, -0.2) is 0 Å². The number of nitrogens with one attached hydrogen (secondary N) is 1. The molecule has 2 rings (SSSR count). The molecular formula is C16H27NS. The van der Waals surface area contributed by atoms with Gasteiger partial charge in [0.15, 0.2) is 0 Å². The van der Waals surface area contributed by atoms with Gasteiger partial charge in [-0.3, -0.25) is 0 Å². The Morgan fingerprint density at radius 2 is 2.17 bits per heavy atom. The molecule has 0 bridgehead atoms. The molecule has 0 aliphatic heterocycles. The summed E-state index contributed by atoms with van der Waals surface area (Å²) in [5, 5.41) is 5.97. The first-order valence-corrected chi connectivity index (χ1v) is 8.48. The minimum atomic E-state index is 0.693. The van der Waals surface area contributed by atoms with E-state index in [9.17, 15) is 0 Å². The Kier molecular flexibility index (Phi) is 5.71. The minimum Gasteiger partial charge on any atom is -0.314 e. The van der Waals surface area contributed by atoms with Crippen molar-refractivity contribution in [1.29, 1.82) is 0 Å². The normalized spacial score (nSPS) is 26.1. The van der Waals surface area contributed by atoms with Crippen LogP contribution in [0.2, 0.25) is 0 Å². The molecule has 1 aromatic rings. The summed E-state index contributed by atoms with van der Waals surface area (Å²) in [6.07, 6.45) is 8.36. The molecule has 3 atom stereocenters. The summed E-state index contributed by atoms with van der Waals surface area (Å²) in [5.74, 6) is 1.84. The first-order valence-electron chi connectivity index (χ1n) is 7.60. The van der Waals surface area contributed by atoms with Crippen molar-refractivity contribution in [3.8, 4) is 0 Å². The molecule has 2 heteroatoms. The Morgan fingerprint density at radius 3 is 2.83 bits per heavy atom. The van der Waals surface area contributed by atoms with Crippen LogP contribution in [0.3, 0.4) is 0 Å². The van der Waals surface area contributed by atoms with Crippen molar-refractivity contribution < 1.29 is 0 Å². The molecule has 1 nitrogen and oxygen atoms in total. The van der Waals surface area contributed by atoms with Crippen molar-refractivity contribution >= 4 is 11.3 Å². The Bertz CT molecular complexity index is 320. The molecule has 0 spiro atoms. The quantitative estimate of drug-likeness (QED) is 0.799. The fourth-order valence-corrected chi connectivity index (χ4v) is 4.32. The van der Waals surface area contributed by atoms with E-state index >= 15 is 0 Å². The zero-order valence-corrected chi connectivity index (χ0v) is 12.6. The first kappa shape index (κ1) is 14.1. The Morgan fingerprint density at radius 1 is 1.33 bits per heavy atom. The van der Waals surface area contributed by atoms with Crippen molar-refractivity contribution in [1.82, 2.24) is 5.32 Å². The van der Waals surface area contributed by atoms with E-state index in [-0.39, 0.29) is 0 Å². The van der Waals surface area contributed by atoms with Gasteiger partial charge in [0, 0.05) is 10.9 Å². The van der Waals surface area contributed by atoms with Crippen molar-refractivity contribution in [3.63, 3.8) is 0 Å². The van der Waals surface area contributed by atoms with Crippen molar-refractivity contribution in [2.45, 2.75) is 58.4 Å². The topological polar surface area (TPSA) is 12.0 Å². The minimum absolute atomic E-state index is 0.693. The first-order chi connectivity index (χ1) is 8.85. The highest BCUT2D eigenvalue weighted by Crippen LogP contribution is 2.35. The molecule has 0 amide bonds. The van der Waals surface area contributed by atoms with Crippen LogP contribution in [0.4, 0.5) is 0 Å². The lowest BCUT2D eigenvalue weighted by atomic mass is 9.73. The third-order valence-corrected chi connectivity index (χ3v) is 5.38. The lowest BCUT2D eigenvalue weighted by molar-refractivity contribution is 0.175. The summed E-state index contributed by atoms with van der Waals surface area (Å²) in [5.41, 5.74) is 0. The number of rotatable bonds is 6. The molecule has 3 unspecified atom stereocenters. The molecule has 0 radical (unpaired) electrons. The lowest BCUT2D eigenvalue weighted by Crippen LogP contribution is -2.42. The van der Waals surface area contributed by atoms with Crippen LogP contribution in [0.25, 0.3) is 0 Å². The van der Waals surface area contributed by atoms with E-state index < -0.39 is 0 Å². The van der Waals surface area contributed by atoms with Gasteiger partial charge in [0.25, 0.3) is 0 Å². The highest BCUT2D eigenvalue weighted by Gasteiger charge is 2.30. The van der Waals surface area contributed by atoms with E-state index in [4.69, 9.17) is 0 Å². The van der Waals surface area contributed by atoms with Gasteiger partial charge in [0.05, 0.1) is 0 Å². The predicted octanol–water partition coefficient (Wildman–Crippen LogP) is 4.49. The van der Waals surface area contributed by atoms with Gasteiger partial charge in [-0.2, -0.15) is 0 Å². The zero-order chi connectivity index (χ0) is 12.8. The van der Waals surface area contributed by atoms with Crippen LogP contribution >= 0.6 is 11.3 Å². The molecular weight excluding hydrogens is 238 g/mol. The van der Waals surface area contributed by atoms with Crippen LogP contribution in [-0.4, -0.2) is 12.6 Å². The predicted molar refractivity (Wildman–Crippen MR) is 81.2 cm³/mol. The van der Waals surface area contributed by atoms with Gasteiger partial charge >= 0.3 is 0 Å². The van der Waals surface area contributed by atoms with Crippen molar-refractivity contribution in [2.24, 2.45) is 11.8 Å². The van der Waals surface area contributed by atoms with Gasteiger partial charge in [-0.15, -0.1) is 11.3 Å². The van der Waals surface area contributed by atoms with Crippen LogP contribution in [-0.2, 0) is 6.42 Å². The molecule has 1 heterocycles. The SMILES string of the molecule is CCNC(Cc1cccs1)C1CCCCC1CC. The molecule has 1 aliphatic rings. The zero-order valence-electron chi connectivity index (χ0n) is 11.8. The third kappa shape index (κ3) is 3.58. The molecule has 102 valence electrons. The number of hydrogen-bond donors (Lipinski definition) is 1. The highest BCUT2D eigenvalue weighted by atomic mass is 32.1. The van der Waals surface area contributed by atoms with E-state index in [1.807, 2.05) is 11.3 Å². The molecule has 18 heavy (non-hydrogen) atoms. The Balaban J connectivity index is 2.02. The molecule has 1 aliphatic carbocycles. The maximum absolute atomic E-state index is 3.76. The van der Waals surface area contributed by atoms with Crippen molar-refractivity contribution in [2.75, 3.05) is 6.54 Å². The second-order valence-corrected chi connectivity index (χ2v) is 6.60. The van der Waals surface area contributed by atoms with Gasteiger partial charge in [-0.05, 0) is 42.7 Å². The summed E-state index contributed by atoms with van der Waals surface area (Å²) in [7, 11) is 0. The van der Waals surface area contributed by atoms with Gasteiger partial charge in [0.1, 0.15) is 0 Å². The second kappa shape index (κ2) is 7.30. The van der Waals surface area contributed by atoms with Crippen LogP contribution in [0.15, 0.2) is 17.5 Å². The standard InChI is InChI=1S/C16H27NS/c1-3-13-8-5-6-10-15(13)16(17-4-2)12-14-9-7-11-18-14/h7,9,11,13,15-17H,3-6,8,10,12H2,1-2H3. The molecule has 1 N–H and O–H groups in total. The number of hydrogen-bond acceptors (Lipinski definition) is 2. The van der Waals surface area contributed by atoms with Crippen LogP contribution in [0.1, 0.15) is 50.8 Å². The van der Waals surface area contributed by atoms with Gasteiger partial charge in [-0.1, -0.05) is 45.6 Å². The average Bonchev–Trinajstić information content (AvgIpc) is 2.91. The summed E-state index contributed by atoms with van der Waals surface area (Å²) in [6, 6.07) is 5.17. The Labute approximate surface area is 116 Å². The maximum Gasteiger partial charge on any atom is 0.0146 e. The average molecular weight is 265 g/mol. The summed E-state index contributed by atoms with van der Waals surface area (Å²) >= 11 is 1.91. The van der Waals surface area contributed by atoms with E-state index in [2.05, 4.69) is 36.7 Å². The highest BCUT2D eigenvalue weighted by molar-refractivity contribution is 7.09. The van der Waals surface area contributed by atoms with E-state index in [1.165, 1.54) is 38.5 Å². The Hall–Kier alpha value is -0.340. The van der Waals surface area contributed by atoms with E-state index in [0.717, 1.165) is 18.4 Å². The van der Waals surface area contributed by atoms with E-state index in [1.54, 1.807) is 4.88 Å². The van der Waals surface area contributed by atoms with Gasteiger partial charge < -0.3 is 5.32 Å². The monoisotopic (exact) mass is 265 g/mol. The molecule has 1 fully saturated rings. The summed E-state index contributed by atoms with van der Waals surface area (Å²) < 4.78 is 0. The smallest absolute Gasteiger partial charge is 0.0146 e. The third-order valence-electron chi connectivity index (χ3n) is 4.48. The summed E-state index contributed by atoms with van der Waals surface area (Å²) in [6.45, 7) is 5.71. The largest absolute Gasteiger partial charge is 0.314 e. The second-order valence-electron chi connectivity index (χ2n) is 5.56. The summed E-state index contributed by atoms with van der Waals surface area (Å²) in [4.78, 5) is 1.54. The van der Waals surface area contributed by atoms with Crippen LogP contribution in [0, 0.1) is 11.8 Å². The fourth-order valence-electron chi connectivity index (χ4n) is 3.56. The van der Waals surface area contributed by atoms with Gasteiger partial charge in [0.2, 0.25) is 0 Å². The molecule has 0 saturated heterocycles. The van der Waals surface area contributed by atoms with Crippen LogP contribution < -0.4 is 5.32 Å². The van der Waals surface area contributed by atoms with E-state index in [0.29, 0.717) is 6.04 Å². The molecule has 1 saturated carbocycles.